The van der Waals surface area contributed by atoms with Crippen LogP contribution in [0.25, 0.3) is 0 Å². The van der Waals surface area contributed by atoms with E-state index in [1.807, 2.05) is 6.92 Å². The third-order valence-electron chi connectivity index (χ3n) is 3.27. The second-order valence-corrected chi connectivity index (χ2v) is 5.19. The van der Waals surface area contributed by atoms with Crippen LogP contribution in [0.3, 0.4) is 0 Å². The number of H-pyrrole nitrogens is 1. The van der Waals surface area contributed by atoms with Gasteiger partial charge in [-0.05, 0) is 39.0 Å². The quantitative estimate of drug-likeness (QED) is 0.840. The summed E-state index contributed by atoms with van der Waals surface area (Å²) in [4.78, 5) is 0. The first-order valence-corrected chi connectivity index (χ1v) is 6.94. The van der Waals surface area contributed by atoms with Crippen LogP contribution in [0.15, 0.2) is 22.6 Å². The van der Waals surface area contributed by atoms with Crippen molar-refractivity contribution in [1.82, 2.24) is 15.5 Å². The fourth-order valence-electron chi connectivity index (χ4n) is 2.28. The molecule has 2 rings (SSSR count). The summed E-state index contributed by atoms with van der Waals surface area (Å²) in [6.45, 7) is 8.42. The van der Waals surface area contributed by atoms with Crippen molar-refractivity contribution in [2.75, 3.05) is 0 Å². The van der Waals surface area contributed by atoms with Gasteiger partial charge in [0.1, 0.15) is 11.5 Å². The summed E-state index contributed by atoms with van der Waals surface area (Å²) < 4.78 is 5.77. The highest BCUT2D eigenvalue weighted by Crippen LogP contribution is 2.17. The number of hydrogen-bond donors (Lipinski definition) is 2. The zero-order valence-corrected chi connectivity index (χ0v) is 12.2. The van der Waals surface area contributed by atoms with Gasteiger partial charge in [-0.25, -0.2) is 0 Å². The largest absolute Gasteiger partial charge is 0.464 e. The minimum Gasteiger partial charge on any atom is -0.464 e. The number of aromatic amines is 1. The van der Waals surface area contributed by atoms with Gasteiger partial charge in [0.2, 0.25) is 0 Å². The van der Waals surface area contributed by atoms with Crippen LogP contribution in [0.5, 0.6) is 0 Å². The fourth-order valence-corrected chi connectivity index (χ4v) is 2.28. The number of aryl methyl sites for hydroxylation is 2. The van der Waals surface area contributed by atoms with E-state index in [2.05, 4.69) is 54.5 Å². The molecule has 0 fully saturated rings. The van der Waals surface area contributed by atoms with Crippen LogP contribution in [-0.2, 0) is 12.8 Å². The van der Waals surface area contributed by atoms with Crippen molar-refractivity contribution in [3.63, 3.8) is 0 Å². The summed E-state index contributed by atoms with van der Waals surface area (Å²) in [5, 5.41) is 10.8. The Kier molecular flexibility index (Phi) is 4.43. The van der Waals surface area contributed by atoms with Crippen molar-refractivity contribution in [1.29, 1.82) is 0 Å². The SMILES string of the molecule is CCc1ccc([C@H](C)N[C@H](C)Cc2cc(C)[nH]n2)o1. The van der Waals surface area contributed by atoms with E-state index in [-0.39, 0.29) is 6.04 Å². The lowest BCUT2D eigenvalue weighted by atomic mass is 10.1. The molecule has 0 radical (unpaired) electrons. The van der Waals surface area contributed by atoms with Crippen molar-refractivity contribution >= 4 is 0 Å². The second-order valence-electron chi connectivity index (χ2n) is 5.19. The Labute approximate surface area is 114 Å². The maximum Gasteiger partial charge on any atom is 0.120 e. The lowest BCUT2D eigenvalue weighted by Gasteiger charge is -2.17. The number of nitrogens with zero attached hydrogens (tertiary/aromatic N) is 1. The molecule has 19 heavy (non-hydrogen) atoms. The van der Waals surface area contributed by atoms with E-state index < -0.39 is 0 Å². The maximum absolute atomic E-state index is 5.77. The first kappa shape index (κ1) is 13.9. The van der Waals surface area contributed by atoms with Gasteiger partial charge in [0.05, 0.1) is 11.7 Å². The Bertz CT molecular complexity index is 515. The highest BCUT2D eigenvalue weighted by Gasteiger charge is 2.14. The molecule has 104 valence electrons. The highest BCUT2D eigenvalue weighted by atomic mass is 16.3. The van der Waals surface area contributed by atoms with Gasteiger partial charge in [0.15, 0.2) is 0 Å². The molecule has 2 aromatic rings. The van der Waals surface area contributed by atoms with Gasteiger partial charge in [0.25, 0.3) is 0 Å². The van der Waals surface area contributed by atoms with Crippen LogP contribution < -0.4 is 5.32 Å². The molecule has 4 heteroatoms. The van der Waals surface area contributed by atoms with Crippen molar-refractivity contribution in [3.05, 3.63) is 41.1 Å². The van der Waals surface area contributed by atoms with Crippen LogP contribution in [0.2, 0.25) is 0 Å². The van der Waals surface area contributed by atoms with Crippen LogP contribution >= 0.6 is 0 Å². The lowest BCUT2D eigenvalue weighted by molar-refractivity contribution is 0.381. The van der Waals surface area contributed by atoms with E-state index in [0.29, 0.717) is 6.04 Å². The number of nitrogens with one attached hydrogen (secondary N) is 2. The van der Waals surface area contributed by atoms with Crippen LogP contribution in [-0.4, -0.2) is 16.2 Å². The van der Waals surface area contributed by atoms with E-state index in [4.69, 9.17) is 4.42 Å². The van der Waals surface area contributed by atoms with E-state index in [0.717, 1.165) is 35.7 Å². The minimum atomic E-state index is 0.218. The molecule has 4 nitrogen and oxygen atoms in total. The van der Waals surface area contributed by atoms with Crippen molar-refractivity contribution in [3.8, 4) is 0 Å². The van der Waals surface area contributed by atoms with Crippen LogP contribution in [0, 0.1) is 6.92 Å². The molecule has 0 spiro atoms. The number of furan rings is 1. The average molecular weight is 261 g/mol. The van der Waals surface area contributed by atoms with Crippen molar-refractivity contribution < 1.29 is 4.42 Å². The number of aromatic nitrogens is 2. The maximum atomic E-state index is 5.77. The van der Waals surface area contributed by atoms with Crippen LogP contribution in [0.1, 0.15) is 49.7 Å². The first-order chi connectivity index (χ1) is 9.08. The molecular weight excluding hydrogens is 238 g/mol. The predicted octanol–water partition coefficient (Wildman–Crippen LogP) is 3.16. The van der Waals surface area contributed by atoms with Gasteiger partial charge in [-0.1, -0.05) is 6.92 Å². The summed E-state index contributed by atoms with van der Waals surface area (Å²) in [7, 11) is 0. The molecule has 0 aliphatic rings. The van der Waals surface area contributed by atoms with Crippen molar-refractivity contribution in [2.24, 2.45) is 0 Å². The first-order valence-electron chi connectivity index (χ1n) is 6.94. The van der Waals surface area contributed by atoms with Gasteiger partial charge in [0, 0.05) is 24.6 Å². The van der Waals surface area contributed by atoms with Gasteiger partial charge in [-0.2, -0.15) is 5.10 Å². The number of hydrogen-bond acceptors (Lipinski definition) is 3. The standard InChI is InChI=1S/C15H23N3O/c1-5-14-6-7-15(19-14)12(4)16-10(2)8-13-9-11(3)17-18-13/h6-7,9-10,12,16H,5,8H2,1-4H3,(H,17,18)/t10-,12+/m1/s1. The molecule has 2 N–H and O–H groups in total. The molecular formula is C15H23N3O. The molecule has 0 unspecified atom stereocenters. The minimum absolute atomic E-state index is 0.218. The molecule has 2 heterocycles. The summed E-state index contributed by atoms with van der Waals surface area (Å²) in [6.07, 6.45) is 1.85. The molecule has 0 amide bonds. The molecule has 0 saturated heterocycles. The molecule has 2 atom stereocenters. The Morgan fingerprint density at radius 2 is 2.16 bits per heavy atom. The normalized spacial score (nSPS) is 14.5. The third kappa shape index (κ3) is 3.70. The highest BCUT2D eigenvalue weighted by molar-refractivity contribution is 5.11. The monoisotopic (exact) mass is 261 g/mol. The molecule has 0 aliphatic heterocycles. The third-order valence-corrected chi connectivity index (χ3v) is 3.27. The zero-order chi connectivity index (χ0) is 13.8. The van der Waals surface area contributed by atoms with E-state index in [1.165, 1.54) is 0 Å². The fraction of sp³-hybridized carbons (Fsp3) is 0.533. The molecule has 0 aliphatic carbocycles. The average Bonchev–Trinajstić information content (AvgIpc) is 2.98. The van der Waals surface area contributed by atoms with Gasteiger partial charge in [-0.15, -0.1) is 0 Å². The summed E-state index contributed by atoms with van der Waals surface area (Å²) in [5.41, 5.74) is 2.20. The predicted molar refractivity (Wildman–Crippen MR) is 76.1 cm³/mol. The van der Waals surface area contributed by atoms with Gasteiger partial charge >= 0.3 is 0 Å². The van der Waals surface area contributed by atoms with Gasteiger partial charge in [-0.3, -0.25) is 5.10 Å². The van der Waals surface area contributed by atoms with E-state index >= 15 is 0 Å². The zero-order valence-electron chi connectivity index (χ0n) is 12.2. The molecule has 0 bridgehead atoms. The van der Waals surface area contributed by atoms with E-state index in [1.54, 1.807) is 0 Å². The summed E-state index contributed by atoms with van der Waals surface area (Å²) >= 11 is 0. The van der Waals surface area contributed by atoms with E-state index in [9.17, 15) is 0 Å². The molecule has 0 saturated carbocycles. The molecule has 2 aromatic heterocycles. The Morgan fingerprint density at radius 1 is 1.37 bits per heavy atom. The number of rotatable bonds is 6. The van der Waals surface area contributed by atoms with Crippen molar-refractivity contribution in [2.45, 2.75) is 52.6 Å². The summed E-state index contributed by atoms with van der Waals surface area (Å²) in [5.74, 6) is 2.04. The second kappa shape index (κ2) is 6.06. The topological polar surface area (TPSA) is 53.9 Å². The lowest BCUT2D eigenvalue weighted by Crippen LogP contribution is -2.30. The van der Waals surface area contributed by atoms with Gasteiger partial charge < -0.3 is 9.73 Å². The summed E-state index contributed by atoms with van der Waals surface area (Å²) in [6, 6.07) is 6.77. The Morgan fingerprint density at radius 3 is 2.74 bits per heavy atom. The van der Waals surface area contributed by atoms with Crippen LogP contribution in [0.4, 0.5) is 0 Å². The Hall–Kier alpha value is -1.55. The molecule has 0 aromatic carbocycles. The smallest absolute Gasteiger partial charge is 0.120 e. The Balaban J connectivity index is 1.89.